The molecule has 21 heavy (non-hydrogen) atoms. The van der Waals surface area contributed by atoms with Crippen LogP contribution in [0.4, 0.5) is 11.4 Å². The third kappa shape index (κ3) is 3.57. The lowest BCUT2D eigenvalue weighted by atomic mass is 10.2. The molecular weight excluding hydrogens is 292 g/mol. The van der Waals surface area contributed by atoms with Crippen LogP contribution in [-0.2, 0) is 16.6 Å². The van der Waals surface area contributed by atoms with Crippen LogP contribution in [-0.4, -0.2) is 16.2 Å². The predicted molar refractivity (Wildman–Crippen MR) is 80.6 cm³/mol. The van der Waals surface area contributed by atoms with Gasteiger partial charge in [-0.05, 0) is 29.8 Å². The fourth-order valence-electron chi connectivity index (χ4n) is 1.83. The van der Waals surface area contributed by atoms with Gasteiger partial charge < -0.3 is 10.5 Å². The van der Waals surface area contributed by atoms with Crippen LogP contribution >= 0.6 is 0 Å². The summed E-state index contributed by atoms with van der Waals surface area (Å²) in [5.41, 5.74) is 7.07. The number of nitro groups is 1. The lowest BCUT2D eigenvalue weighted by molar-refractivity contribution is -0.384. The van der Waals surface area contributed by atoms with Crippen molar-refractivity contribution in [1.82, 2.24) is 0 Å². The van der Waals surface area contributed by atoms with Crippen molar-refractivity contribution in [3.8, 4) is 5.75 Å². The van der Waals surface area contributed by atoms with Crippen LogP contribution in [0.2, 0.25) is 0 Å². The van der Waals surface area contributed by atoms with Gasteiger partial charge in [0, 0.05) is 17.0 Å². The maximum Gasteiger partial charge on any atom is 0.269 e. The smallest absolute Gasteiger partial charge is 0.269 e. The Morgan fingerprint density at radius 1 is 1.24 bits per heavy atom. The molecule has 2 aromatic carbocycles. The first-order valence-corrected chi connectivity index (χ1v) is 7.38. The molecule has 0 spiro atoms. The summed E-state index contributed by atoms with van der Waals surface area (Å²) in [4.78, 5) is 10.6. The van der Waals surface area contributed by atoms with Crippen molar-refractivity contribution in [1.29, 1.82) is 0 Å². The molecule has 2 aromatic rings. The Labute approximate surface area is 124 Å². The summed E-state index contributed by atoms with van der Waals surface area (Å²) in [6.45, 7) is 0. The second-order valence-electron chi connectivity index (χ2n) is 4.32. The Morgan fingerprint density at radius 3 is 2.43 bits per heavy atom. The first kappa shape index (κ1) is 15.0. The molecule has 0 aromatic heterocycles. The molecule has 2 rings (SSSR count). The zero-order valence-electron chi connectivity index (χ0n) is 11.3. The van der Waals surface area contributed by atoms with Crippen LogP contribution in [0.5, 0.6) is 5.75 Å². The molecule has 7 heteroatoms. The highest BCUT2D eigenvalue weighted by molar-refractivity contribution is 7.84. The number of anilines is 1. The molecule has 2 N–H and O–H groups in total. The third-order valence-corrected chi connectivity index (χ3v) is 4.30. The van der Waals surface area contributed by atoms with Crippen LogP contribution < -0.4 is 10.5 Å². The largest absolute Gasteiger partial charge is 0.495 e. The van der Waals surface area contributed by atoms with Crippen molar-refractivity contribution < 1.29 is 13.9 Å². The predicted octanol–water partition coefficient (Wildman–Crippen LogP) is 2.49. The van der Waals surface area contributed by atoms with E-state index in [1.165, 1.54) is 31.4 Å². The molecule has 1 atom stereocenters. The average molecular weight is 306 g/mol. The van der Waals surface area contributed by atoms with Crippen molar-refractivity contribution >= 4 is 22.2 Å². The number of nitrogens with two attached hydrogens (primary N) is 1. The van der Waals surface area contributed by atoms with E-state index in [9.17, 15) is 14.3 Å². The fraction of sp³-hybridized carbons (Fsp3) is 0.143. The highest BCUT2D eigenvalue weighted by atomic mass is 32.2. The van der Waals surface area contributed by atoms with Gasteiger partial charge >= 0.3 is 0 Å². The fourth-order valence-corrected chi connectivity index (χ4v) is 2.92. The monoisotopic (exact) mass is 306 g/mol. The topological polar surface area (TPSA) is 95.5 Å². The average Bonchev–Trinajstić information content (AvgIpc) is 2.47. The summed E-state index contributed by atoms with van der Waals surface area (Å²) in [5.74, 6) is 0.853. The number of methoxy groups -OCH3 is 1. The standard InChI is InChI=1S/C14H14N2O4S/c1-20-14-7-2-10(8-13(14)15)9-21(19)12-5-3-11(4-6-12)16(17)18/h2-8H,9,15H2,1H3. The number of rotatable bonds is 5. The Bertz CT molecular complexity index is 686. The van der Waals surface area contributed by atoms with E-state index in [1.807, 2.05) is 0 Å². The summed E-state index contributed by atoms with van der Waals surface area (Å²) in [6, 6.07) is 10.9. The number of ether oxygens (including phenoxy) is 1. The number of hydrogen-bond acceptors (Lipinski definition) is 5. The van der Waals surface area contributed by atoms with E-state index in [0.29, 0.717) is 16.3 Å². The molecule has 0 heterocycles. The summed E-state index contributed by atoms with van der Waals surface area (Å²) in [7, 11) is 0.236. The quantitative estimate of drug-likeness (QED) is 0.520. The van der Waals surface area contributed by atoms with Gasteiger partial charge in [-0.3, -0.25) is 14.3 Å². The van der Waals surface area contributed by atoms with Crippen molar-refractivity contribution in [2.75, 3.05) is 12.8 Å². The maximum absolute atomic E-state index is 12.2. The third-order valence-electron chi connectivity index (χ3n) is 2.90. The molecule has 0 saturated heterocycles. The van der Waals surface area contributed by atoms with Gasteiger partial charge in [0.15, 0.2) is 0 Å². The lowest BCUT2D eigenvalue weighted by Crippen LogP contribution is -1.99. The van der Waals surface area contributed by atoms with E-state index in [4.69, 9.17) is 10.5 Å². The number of non-ortho nitro benzene ring substituents is 1. The Morgan fingerprint density at radius 2 is 1.90 bits per heavy atom. The van der Waals surface area contributed by atoms with Gasteiger partial charge in [0.25, 0.3) is 5.69 Å². The molecule has 0 aliphatic carbocycles. The number of nitrogens with zero attached hydrogens (tertiary/aromatic N) is 1. The zero-order chi connectivity index (χ0) is 15.4. The second-order valence-corrected chi connectivity index (χ2v) is 5.77. The van der Waals surface area contributed by atoms with E-state index in [1.54, 1.807) is 18.2 Å². The van der Waals surface area contributed by atoms with Gasteiger partial charge in [0.1, 0.15) is 5.75 Å². The first-order chi connectivity index (χ1) is 10.0. The van der Waals surface area contributed by atoms with Gasteiger partial charge in [0.05, 0.1) is 34.3 Å². The highest BCUT2D eigenvalue weighted by Crippen LogP contribution is 2.24. The van der Waals surface area contributed by atoms with Gasteiger partial charge in [-0.1, -0.05) is 6.07 Å². The molecule has 110 valence electrons. The van der Waals surface area contributed by atoms with Gasteiger partial charge in [0.2, 0.25) is 0 Å². The first-order valence-electron chi connectivity index (χ1n) is 6.06. The Kier molecular flexibility index (Phi) is 4.54. The normalized spacial score (nSPS) is 11.9. The number of hydrogen-bond donors (Lipinski definition) is 1. The van der Waals surface area contributed by atoms with E-state index in [-0.39, 0.29) is 11.4 Å². The van der Waals surface area contributed by atoms with Crippen molar-refractivity contribution in [2.45, 2.75) is 10.6 Å². The van der Waals surface area contributed by atoms with Crippen LogP contribution in [0.15, 0.2) is 47.4 Å². The van der Waals surface area contributed by atoms with Crippen molar-refractivity contribution in [3.63, 3.8) is 0 Å². The molecule has 0 radical (unpaired) electrons. The van der Waals surface area contributed by atoms with Gasteiger partial charge in [-0.2, -0.15) is 0 Å². The van der Waals surface area contributed by atoms with Gasteiger partial charge in [-0.15, -0.1) is 0 Å². The van der Waals surface area contributed by atoms with E-state index < -0.39 is 15.7 Å². The van der Waals surface area contributed by atoms with E-state index >= 15 is 0 Å². The summed E-state index contributed by atoms with van der Waals surface area (Å²) in [5, 5.41) is 10.6. The van der Waals surface area contributed by atoms with E-state index in [2.05, 4.69) is 0 Å². The van der Waals surface area contributed by atoms with E-state index in [0.717, 1.165) is 5.56 Å². The molecule has 0 bridgehead atoms. The maximum atomic E-state index is 12.2. The molecule has 0 aliphatic heterocycles. The second kappa shape index (κ2) is 6.36. The summed E-state index contributed by atoms with van der Waals surface area (Å²) < 4.78 is 17.3. The number of nitrogen functional groups attached to an aromatic ring is 1. The molecule has 6 nitrogen and oxygen atoms in total. The van der Waals surface area contributed by atoms with Crippen LogP contribution in [0.3, 0.4) is 0 Å². The Hall–Kier alpha value is -2.41. The SMILES string of the molecule is COc1ccc(CS(=O)c2ccc([N+](=O)[O-])cc2)cc1N. The molecule has 0 aliphatic rings. The minimum Gasteiger partial charge on any atom is -0.495 e. The minimum atomic E-state index is -1.29. The Balaban J connectivity index is 2.14. The zero-order valence-corrected chi connectivity index (χ0v) is 12.1. The molecular formula is C14H14N2O4S. The van der Waals surface area contributed by atoms with Crippen LogP contribution in [0.25, 0.3) is 0 Å². The molecule has 1 unspecified atom stereocenters. The minimum absolute atomic E-state index is 0.0237. The molecule has 0 amide bonds. The van der Waals surface area contributed by atoms with Crippen molar-refractivity contribution in [2.24, 2.45) is 0 Å². The summed E-state index contributed by atoms with van der Waals surface area (Å²) in [6.07, 6.45) is 0. The summed E-state index contributed by atoms with van der Waals surface area (Å²) >= 11 is 0. The van der Waals surface area contributed by atoms with Crippen molar-refractivity contribution in [3.05, 3.63) is 58.1 Å². The molecule has 0 fully saturated rings. The number of nitro benzene ring substituents is 1. The highest BCUT2D eigenvalue weighted by Gasteiger charge is 2.10. The van der Waals surface area contributed by atoms with Gasteiger partial charge in [-0.25, -0.2) is 0 Å². The lowest BCUT2D eigenvalue weighted by Gasteiger charge is -2.07. The molecule has 0 saturated carbocycles. The van der Waals surface area contributed by atoms with Crippen LogP contribution in [0, 0.1) is 10.1 Å². The number of benzene rings is 2. The van der Waals surface area contributed by atoms with Crippen LogP contribution in [0.1, 0.15) is 5.56 Å².